The fourth-order valence-corrected chi connectivity index (χ4v) is 2.66. The SMILES string of the molecule is Cc1ccc([C@H](O)CNC(=O)C(C)n2cnc3ccccc32)cc1. The van der Waals surface area contributed by atoms with E-state index in [0.29, 0.717) is 0 Å². The van der Waals surface area contributed by atoms with E-state index in [9.17, 15) is 9.90 Å². The van der Waals surface area contributed by atoms with Crippen molar-refractivity contribution in [3.63, 3.8) is 0 Å². The van der Waals surface area contributed by atoms with Crippen molar-refractivity contribution in [3.05, 3.63) is 66.0 Å². The lowest BCUT2D eigenvalue weighted by Crippen LogP contribution is -2.33. The van der Waals surface area contributed by atoms with Crippen LogP contribution in [0.4, 0.5) is 0 Å². The van der Waals surface area contributed by atoms with Crippen LogP contribution in [0.5, 0.6) is 0 Å². The van der Waals surface area contributed by atoms with E-state index in [1.54, 1.807) is 6.33 Å². The second kappa shape index (κ2) is 6.84. The summed E-state index contributed by atoms with van der Waals surface area (Å²) in [6.07, 6.45) is 0.951. The third kappa shape index (κ3) is 3.31. The van der Waals surface area contributed by atoms with E-state index in [1.165, 1.54) is 0 Å². The van der Waals surface area contributed by atoms with Gasteiger partial charge in [-0.05, 0) is 31.5 Å². The average molecular weight is 323 g/mol. The number of nitrogens with zero attached hydrogens (tertiary/aromatic N) is 2. The topological polar surface area (TPSA) is 67.2 Å². The minimum atomic E-state index is -0.721. The first-order valence-corrected chi connectivity index (χ1v) is 8.00. The van der Waals surface area contributed by atoms with Gasteiger partial charge in [-0.1, -0.05) is 42.0 Å². The summed E-state index contributed by atoms with van der Waals surface area (Å²) in [5.74, 6) is -0.149. The molecule has 0 bridgehead atoms. The lowest BCUT2D eigenvalue weighted by molar-refractivity contribution is -0.124. The Kier molecular flexibility index (Phi) is 4.62. The molecule has 2 aromatic carbocycles. The number of aryl methyl sites for hydroxylation is 1. The molecular formula is C19H21N3O2. The molecule has 1 amide bonds. The van der Waals surface area contributed by atoms with Gasteiger partial charge < -0.3 is 15.0 Å². The first-order chi connectivity index (χ1) is 11.6. The molecule has 124 valence electrons. The summed E-state index contributed by atoms with van der Waals surface area (Å²) in [6.45, 7) is 4.00. The molecule has 5 nitrogen and oxygen atoms in total. The summed E-state index contributed by atoms with van der Waals surface area (Å²) in [5, 5.41) is 13.0. The van der Waals surface area contributed by atoms with Crippen LogP contribution in [0.15, 0.2) is 54.9 Å². The highest BCUT2D eigenvalue weighted by Crippen LogP contribution is 2.18. The highest BCUT2D eigenvalue weighted by molar-refractivity contribution is 5.83. The van der Waals surface area contributed by atoms with Crippen LogP contribution in [0.1, 0.15) is 30.2 Å². The maximum atomic E-state index is 12.4. The summed E-state index contributed by atoms with van der Waals surface area (Å²) in [7, 11) is 0. The van der Waals surface area contributed by atoms with Gasteiger partial charge in [-0.3, -0.25) is 4.79 Å². The molecule has 0 fully saturated rings. The molecule has 5 heteroatoms. The highest BCUT2D eigenvalue weighted by Gasteiger charge is 2.18. The van der Waals surface area contributed by atoms with E-state index in [4.69, 9.17) is 0 Å². The largest absolute Gasteiger partial charge is 0.387 e. The fraction of sp³-hybridized carbons (Fsp3) is 0.263. The van der Waals surface area contributed by atoms with Gasteiger partial charge in [0.05, 0.1) is 23.5 Å². The summed E-state index contributed by atoms with van der Waals surface area (Å²) < 4.78 is 1.84. The van der Waals surface area contributed by atoms with Gasteiger partial charge in [0, 0.05) is 6.54 Å². The molecule has 2 atom stereocenters. The summed E-state index contributed by atoms with van der Waals surface area (Å²) in [5.41, 5.74) is 3.70. The van der Waals surface area contributed by atoms with Crippen LogP contribution in [0.2, 0.25) is 0 Å². The number of amides is 1. The van der Waals surface area contributed by atoms with Crippen molar-refractivity contribution in [1.82, 2.24) is 14.9 Å². The number of para-hydroxylation sites is 2. The van der Waals surface area contributed by atoms with Crippen molar-refractivity contribution in [3.8, 4) is 0 Å². The molecule has 1 unspecified atom stereocenters. The number of aliphatic hydroxyl groups is 1. The number of aliphatic hydroxyl groups excluding tert-OH is 1. The Labute approximate surface area is 141 Å². The van der Waals surface area contributed by atoms with Gasteiger partial charge in [-0.2, -0.15) is 0 Å². The molecule has 24 heavy (non-hydrogen) atoms. The molecular weight excluding hydrogens is 302 g/mol. The first-order valence-electron chi connectivity index (χ1n) is 8.00. The smallest absolute Gasteiger partial charge is 0.242 e. The second-order valence-corrected chi connectivity index (χ2v) is 5.99. The minimum absolute atomic E-state index is 0.149. The van der Waals surface area contributed by atoms with Crippen molar-refractivity contribution in [2.45, 2.75) is 26.0 Å². The molecule has 0 aliphatic heterocycles. The summed E-state index contributed by atoms with van der Waals surface area (Å²) in [6, 6.07) is 14.9. The number of rotatable bonds is 5. The van der Waals surface area contributed by atoms with Gasteiger partial charge in [0.15, 0.2) is 0 Å². The van der Waals surface area contributed by atoms with Crippen LogP contribution in [0.25, 0.3) is 11.0 Å². The van der Waals surface area contributed by atoms with Crippen molar-refractivity contribution < 1.29 is 9.90 Å². The van der Waals surface area contributed by atoms with E-state index < -0.39 is 12.1 Å². The molecule has 1 aromatic heterocycles. The highest BCUT2D eigenvalue weighted by atomic mass is 16.3. The zero-order valence-electron chi connectivity index (χ0n) is 13.8. The van der Waals surface area contributed by atoms with E-state index in [1.807, 2.05) is 66.9 Å². The lowest BCUT2D eigenvalue weighted by Gasteiger charge is -2.17. The number of nitrogens with one attached hydrogen (secondary N) is 1. The van der Waals surface area contributed by atoms with Crippen molar-refractivity contribution >= 4 is 16.9 Å². The average Bonchev–Trinajstić information content (AvgIpc) is 3.03. The Hall–Kier alpha value is -2.66. The molecule has 0 aliphatic carbocycles. The molecule has 0 saturated carbocycles. The third-order valence-electron chi connectivity index (χ3n) is 4.21. The van der Waals surface area contributed by atoms with Crippen LogP contribution >= 0.6 is 0 Å². The van der Waals surface area contributed by atoms with E-state index in [0.717, 1.165) is 22.2 Å². The van der Waals surface area contributed by atoms with Crippen LogP contribution in [0, 0.1) is 6.92 Å². The molecule has 2 N–H and O–H groups in total. The lowest BCUT2D eigenvalue weighted by atomic mass is 10.1. The molecule has 0 aliphatic rings. The van der Waals surface area contributed by atoms with Crippen molar-refractivity contribution in [1.29, 1.82) is 0 Å². The number of hydrogen-bond acceptors (Lipinski definition) is 3. The number of benzene rings is 2. The van der Waals surface area contributed by atoms with Gasteiger partial charge in [0.2, 0.25) is 5.91 Å². The molecule has 0 saturated heterocycles. The van der Waals surface area contributed by atoms with E-state index >= 15 is 0 Å². The fourth-order valence-electron chi connectivity index (χ4n) is 2.66. The quantitative estimate of drug-likeness (QED) is 0.759. The maximum Gasteiger partial charge on any atom is 0.242 e. The number of fused-ring (bicyclic) bond motifs is 1. The predicted octanol–water partition coefficient (Wildman–Crippen LogP) is 2.76. The third-order valence-corrected chi connectivity index (χ3v) is 4.21. The second-order valence-electron chi connectivity index (χ2n) is 5.99. The molecule has 1 heterocycles. The summed E-state index contributed by atoms with van der Waals surface area (Å²) in [4.78, 5) is 16.7. The van der Waals surface area contributed by atoms with Crippen LogP contribution in [0.3, 0.4) is 0 Å². The first kappa shape index (κ1) is 16.2. The molecule has 3 aromatic rings. The van der Waals surface area contributed by atoms with Gasteiger partial charge in [-0.25, -0.2) is 4.98 Å². The Balaban J connectivity index is 1.65. The van der Waals surface area contributed by atoms with Gasteiger partial charge >= 0.3 is 0 Å². The molecule has 0 spiro atoms. The normalized spacial score (nSPS) is 13.6. The number of carbonyl (C=O) groups excluding carboxylic acids is 1. The zero-order valence-corrected chi connectivity index (χ0v) is 13.8. The zero-order chi connectivity index (χ0) is 17.1. The van der Waals surface area contributed by atoms with E-state index in [2.05, 4.69) is 10.3 Å². The van der Waals surface area contributed by atoms with Gasteiger partial charge in [0.1, 0.15) is 6.04 Å². The number of aromatic nitrogens is 2. The van der Waals surface area contributed by atoms with Gasteiger partial charge in [-0.15, -0.1) is 0 Å². The van der Waals surface area contributed by atoms with Crippen molar-refractivity contribution in [2.75, 3.05) is 6.54 Å². The summed E-state index contributed by atoms with van der Waals surface area (Å²) >= 11 is 0. The van der Waals surface area contributed by atoms with Gasteiger partial charge in [0.25, 0.3) is 0 Å². The number of imidazole rings is 1. The molecule has 0 radical (unpaired) electrons. The Morgan fingerprint density at radius 1 is 1.21 bits per heavy atom. The Morgan fingerprint density at radius 3 is 2.67 bits per heavy atom. The maximum absolute atomic E-state index is 12.4. The Morgan fingerprint density at radius 2 is 1.92 bits per heavy atom. The minimum Gasteiger partial charge on any atom is -0.387 e. The van der Waals surface area contributed by atoms with Crippen molar-refractivity contribution in [2.24, 2.45) is 0 Å². The van der Waals surface area contributed by atoms with Crippen LogP contribution in [-0.2, 0) is 4.79 Å². The Bertz CT molecular complexity index is 839. The number of carbonyl (C=O) groups is 1. The van der Waals surface area contributed by atoms with Crippen LogP contribution in [-0.4, -0.2) is 27.1 Å². The molecule has 3 rings (SSSR count). The van der Waals surface area contributed by atoms with Crippen LogP contribution < -0.4 is 5.32 Å². The monoisotopic (exact) mass is 323 g/mol. The standard InChI is InChI=1S/C19H21N3O2/c1-13-7-9-15(10-8-13)18(23)11-20-19(24)14(2)22-12-21-16-5-3-4-6-17(16)22/h3-10,12,14,18,23H,11H2,1-2H3,(H,20,24)/t14?,18-/m1/s1. The van der Waals surface area contributed by atoms with E-state index in [-0.39, 0.29) is 12.5 Å². The predicted molar refractivity (Wildman–Crippen MR) is 93.6 cm³/mol. The number of hydrogen-bond donors (Lipinski definition) is 2.